The molecule has 0 saturated carbocycles. The van der Waals surface area contributed by atoms with Crippen molar-refractivity contribution >= 4 is 32.7 Å². The predicted molar refractivity (Wildman–Crippen MR) is 82.6 cm³/mol. The van der Waals surface area contributed by atoms with Crippen LogP contribution in [0.15, 0.2) is 47.4 Å². The van der Waals surface area contributed by atoms with Gasteiger partial charge in [0.2, 0.25) is 10.0 Å². The Morgan fingerprint density at radius 2 is 1.70 bits per heavy atom. The van der Waals surface area contributed by atoms with Crippen molar-refractivity contribution in [3.8, 4) is 0 Å². The molecule has 0 aliphatic rings. The molecule has 0 aromatic heterocycles. The van der Waals surface area contributed by atoms with E-state index in [4.69, 9.17) is 10.2 Å². The quantitative estimate of drug-likeness (QED) is 0.703. The van der Waals surface area contributed by atoms with E-state index in [1.807, 2.05) is 16.9 Å². The molecule has 0 radical (unpaired) electrons. The molecule has 0 aliphatic carbocycles. The van der Waals surface area contributed by atoms with Crippen molar-refractivity contribution in [1.82, 2.24) is 4.72 Å². The lowest BCUT2D eigenvalue weighted by atomic mass is 10.1. The summed E-state index contributed by atoms with van der Waals surface area (Å²) in [6.07, 6.45) is -0.783. The minimum absolute atomic E-state index is 0.0715. The van der Waals surface area contributed by atoms with Crippen molar-refractivity contribution in [2.45, 2.75) is 23.8 Å². The second-order valence-electron chi connectivity index (χ2n) is 4.95. The van der Waals surface area contributed by atoms with Gasteiger partial charge in [-0.25, -0.2) is 8.42 Å². The summed E-state index contributed by atoms with van der Waals surface area (Å²) >= 11 is 0. The molecule has 2 rings (SSSR count). The summed E-state index contributed by atoms with van der Waals surface area (Å²) in [6.45, 7) is 0. The third-order valence-corrected chi connectivity index (χ3v) is 4.74. The highest BCUT2D eigenvalue weighted by Crippen LogP contribution is 2.19. The number of carboxylic acid groups (broad SMARTS) is 2. The van der Waals surface area contributed by atoms with E-state index < -0.39 is 34.4 Å². The lowest BCUT2D eigenvalue weighted by Gasteiger charge is -2.14. The summed E-state index contributed by atoms with van der Waals surface area (Å²) in [7, 11) is -4.07. The Morgan fingerprint density at radius 3 is 2.30 bits per heavy atom. The zero-order chi connectivity index (χ0) is 17.0. The van der Waals surface area contributed by atoms with Crippen molar-refractivity contribution in [2.24, 2.45) is 0 Å². The van der Waals surface area contributed by atoms with Crippen LogP contribution < -0.4 is 4.72 Å². The molecule has 0 spiro atoms. The average molecular weight is 337 g/mol. The summed E-state index contributed by atoms with van der Waals surface area (Å²) in [6, 6.07) is 10.1. The monoisotopic (exact) mass is 337 g/mol. The molecule has 0 amide bonds. The van der Waals surface area contributed by atoms with E-state index in [1.165, 1.54) is 12.1 Å². The van der Waals surface area contributed by atoms with E-state index >= 15 is 0 Å². The molecule has 3 N–H and O–H groups in total. The van der Waals surface area contributed by atoms with Gasteiger partial charge in [-0.15, -0.1) is 0 Å². The normalized spacial score (nSPS) is 12.9. The van der Waals surface area contributed by atoms with Crippen LogP contribution in [0.4, 0.5) is 0 Å². The Bertz CT molecular complexity index is 846. The summed E-state index contributed by atoms with van der Waals surface area (Å²) in [5.74, 6) is -2.61. The van der Waals surface area contributed by atoms with Gasteiger partial charge in [-0.1, -0.05) is 30.3 Å². The fraction of sp³-hybridized carbons (Fsp3) is 0.200. The van der Waals surface area contributed by atoms with Gasteiger partial charge in [0.05, 0.1) is 4.90 Å². The summed E-state index contributed by atoms with van der Waals surface area (Å²) in [4.78, 5) is 21.6. The molecule has 2 aromatic carbocycles. The smallest absolute Gasteiger partial charge is 0.321 e. The number of aliphatic carboxylic acids is 2. The second-order valence-corrected chi connectivity index (χ2v) is 6.67. The van der Waals surface area contributed by atoms with Crippen LogP contribution in [-0.2, 0) is 19.6 Å². The van der Waals surface area contributed by atoms with Gasteiger partial charge < -0.3 is 10.2 Å². The molecule has 0 bridgehead atoms. The molecule has 0 fully saturated rings. The van der Waals surface area contributed by atoms with Crippen LogP contribution in [0.25, 0.3) is 10.8 Å². The highest BCUT2D eigenvalue weighted by atomic mass is 32.2. The number of rotatable bonds is 7. The third kappa shape index (κ3) is 4.27. The van der Waals surface area contributed by atoms with Gasteiger partial charge in [0.15, 0.2) is 0 Å². The minimum Gasteiger partial charge on any atom is -0.481 e. The molecule has 0 unspecified atom stereocenters. The number of hydrogen-bond acceptors (Lipinski definition) is 4. The maximum atomic E-state index is 12.3. The molecule has 1 atom stereocenters. The molecule has 7 nitrogen and oxygen atoms in total. The zero-order valence-corrected chi connectivity index (χ0v) is 12.8. The molecular weight excluding hydrogens is 322 g/mol. The number of fused-ring (bicyclic) bond motifs is 1. The summed E-state index contributed by atoms with van der Waals surface area (Å²) in [5.41, 5.74) is 0. The SMILES string of the molecule is O=C(O)CC[C@H](NS(=O)(=O)c1ccc2ccccc2c1)C(=O)O. The first kappa shape index (κ1) is 16.9. The average Bonchev–Trinajstić information content (AvgIpc) is 2.50. The fourth-order valence-electron chi connectivity index (χ4n) is 2.09. The predicted octanol–water partition coefficient (Wildman–Crippen LogP) is 1.44. The molecule has 23 heavy (non-hydrogen) atoms. The topological polar surface area (TPSA) is 121 Å². The van der Waals surface area contributed by atoms with Crippen LogP contribution in [-0.4, -0.2) is 36.6 Å². The lowest BCUT2D eigenvalue weighted by molar-refractivity contribution is -0.140. The minimum atomic E-state index is -4.07. The van der Waals surface area contributed by atoms with E-state index in [1.54, 1.807) is 18.2 Å². The Hall–Kier alpha value is -2.45. The number of hydrogen-bond donors (Lipinski definition) is 3. The first-order valence-electron chi connectivity index (χ1n) is 6.75. The highest BCUT2D eigenvalue weighted by molar-refractivity contribution is 7.89. The number of carbonyl (C=O) groups is 2. The first-order chi connectivity index (χ1) is 10.8. The molecule has 0 heterocycles. The molecule has 8 heteroatoms. The van der Waals surface area contributed by atoms with Crippen LogP contribution >= 0.6 is 0 Å². The molecular formula is C15H15NO6S. The molecule has 0 saturated heterocycles. The van der Waals surface area contributed by atoms with Crippen molar-refractivity contribution in [1.29, 1.82) is 0 Å². The van der Waals surface area contributed by atoms with Crippen molar-refractivity contribution in [3.05, 3.63) is 42.5 Å². The Balaban J connectivity index is 2.27. The van der Waals surface area contributed by atoms with E-state index in [0.717, 1.165) is 5.39 Å². The third-order valence-electron chi connectivity index (χ3n) is 3.27. The van der Waals surface area contributed by atoms with Gasteiger partial charge in [-0.05, 0) is 29.3 Å². The van der Waals surface area contributed by atoms with Crippen LogP contribution in [0, 0.1) is 0 Å². The molecule has 2 aromatic rings. The maximum Gasteiger partial charge on any atom is 0.321 e. The Labute approximate surface area is 132 Å². The number of carboxylic acids is 2. The van der Waals surface area contributed by atoms with Gasteiger partial charge in [0.25, 0.3) is 0 Å². The molecule has 122 valence electrons. The number of sulfonamides is 1. The van der Waals surface area contributed by atoms with Crippen LogP contribution in [0.2, 0.25) is 0 Å². The summed E-state index contributed by atoms with van der Waals surface area (Å²) in [5, 5.41) is 19.2. The molecule has 0 aliphatic heterocycles. The number of nitrogens with one attached hydrogen (secondary N) is 1. The van der Waals surface area contributed by atoms with Gasteiger partial charge in [0, 0.05) is 6.42 Å². The van der Waals surface area contributed by atoms with Crippen molar-refractivity contribution < 1.29 is 28.2 Å². The number of benzene rings is 2. The van der Waals surface area contributed by atoms with Crippen LogP contribution in [0.1, 0.15) is 12.8 Å². The summed E-state index contributed by atoms with van der Waals surface area (Å²) < 4.78 is 26.7. The van der Waals surface area contributed by atoms with Gasteiger partial charge in [-0.3, -0.25) is 9.59 Å². The second kappa shape index (κ2) is 6.76. The maximum absolute atomic E-state index is 12.3. The lowest BCUT2D eigenvalue weighted by Crippen LogP contribution is -2.41. The van der Waals surface area contributed by atoms with Crippen molar-refractivity contribution in [3.63, 3.8) is 0 Å². The van der Waals surface area contributed by atoms with E-state index in [0.29, 0.717) is 5.39 Å². The van der Waals surface area contributed by atoms with E-state index in [2.05, 4.69) is 0 Å². The first-order valence-corrected chi connectivity index (χ1v) is 8.23. The Kier molecular flexibility index (Phi) is 4.97. The van der Waals surface area contributed by atoms with Crippen molar-refractivity contribution in [2.75, 3.05) is 0 Å². The fourth-order valence-corrected chi connectivity index (χ4v) is 3.35. The van der Waals surface area contributed by atoms with Crippen LogP contribution in [0.3, 0.4) is 0 Å². The Morgan fingerprint density at radius 1 is 1.04 bits per heavy atom. The van der Waals surface area contributed by atoms with Gasteiger partial charge >= 0.3 is 11.9 Å². The highest BCUT2D eigenvalue weighted by Gasteiger charge is 2.26. The van der Waals surface area contributed by atoms with Crippen LogP contribution in [0.5, 0.6) is 0 Å². The standard InChI is InChI=1S/C15H15NO6S/c17-14(18)8-7-13(15(19)20)16-23(21,22)12-6-5-10-3-1-2-4-11(10)9-12/h1-6,9,13,16H,7-8H2,(H,17,18)(H,19,20)/t13-/m0/s1. The largest absolute Gasteiger partial charge is 0.481 e. The van der Waals surface area contributed by atoms with Gasteiger partial charge in [-0.2, -0.15) is 4.72 Å². The van der Waals surface area contributed by atoms with E-state index in [9.17, 15) is 18.0 Å². The van der Waals surface area contributed by atoms with E-state index in [-0.39, 0.29) is 11.3 Å². The zero-order valence-electron chi connectivity index (χ0n) is 12.0. The van der Waals surface area contributed by atoms with Gasteiger partial charge in [0.1, 0.15) is 6.04 Å².